The van der Waals surface area contributed by atoms with Gasteiger partial charge in [-0.15, -0.1) is 22.7 Å². The van der Waals surface area contributed by atoms with E-state index in [-0.39, 0.29) is 0 Å². The van der Waals surface area contributed by atoms with Crippen LogP contribution in [0.4, 0.5) is 0 Å². The van der Waals surface area contributed by atoms with Gasteiger partial charge in [0.15, 0.2) is 22.3 Å². The monoisotopic (exact) mass is 604 g/mol. The minimum atomic E-state index is 0.771. The SMILES string of the molecule is c1cc2oc(-c3ccc(-c4ccc5c(c4)sc4c6ccc(-c7ccc(-c8cc9occc9o8)cc7)cc6sc54)cc3)cc2o1. The van der Waals surface area contributed by atoms with Crippen LogP contribution >= 0.6 is 22.7 Å². The highest BCUT2D eigenvalue weighted by Crippen LogP contribution is 2.46. The van der Waals surface area contributed by atoms with E-state index in [9.17, 15) is 0 Å². The third kappa shape index (κ3) is 3.68. The van der Waals surface area contributed by atoms with Gasteiger partial charge in [0.1, 0.15) is 11.5 Å². The molecule has 6 heteroatoms. The van der Waals surface area contributed by atoms with Crippen molar-refractivity contribution in [3.05, 3.63) is 122 Å². The second kappa shape index (κ2) is 9.10. The normalized spacial score (nSPS) is 12.1. The molecule has 0 aliphatic heterocycles. The Morgan fingerprint density at radius 3 is 1.20 bits per heavy atom. The predicted octanol–water partition coefficient (Wildman–Crippen LogP) is 12.6. The summed E-state index contributed by atoms with van der Waals surface area (Å²) in [6, 6.07) is 38.3. The van der Waals surface area contributed by atoms with E-state index in [2.05, 4.69) is 84.9 Å². The van der Waals surface area contributed by atoms with E-state index in [1.54, 1.807) is 12.5 Å². The number of benzene rings is 4. The van der Waals surface area contributed by atoms with Gasteiger partial charge in [0.2, 0.25) is 0 Å². The van der Waals surface area contributed by atoms with Crippen molar-refractivity contribution in [2.75, 3.05) is 0 Å². The van der Waals surface area contributed by atoms with E-state index in [0.717, 1.165) is 45.0 Å². The molecule has 10 rings (SSSR count). The summed E-state index contributed by atoms with van der Waals surface area (Å²) >= 11 is 3.76. The van der Waals surface area contributed by atoms with Crippen molar-refractivity contribution in [3.8, 4) is 44.9 Å². The first kappa shape index (κ1) is 24.2. The van der Waals surface area contributed by atoms with Crippen LogP contribution in [-0.4, -0.2) is 0 Å². The predicted molar refractivity (Wildman–Crippen MR) is 181 cm³/mol. The first-order valence-electron chi connectivity index (χ1n) is 14.3. The number of rotatable bonds is 4. The van der Waals surface area contributed by atoms with Crippen LogP contribution in [-0.2, 0) is 0 Å². The number of fused-ring (bicyclic) bond motifs is 7. The molecular formula is C38H20O4S2. The van der Waals surface area contributed by atoms with Crippen LogP contribution in [0.3, 0.4) is 0 Å². The van der Waals surface area contributed by atoms with E-state index >= 15 is 0 Å². The van der Waals surface area contributed by atoms with Gasteiger partial charge in [0, 0.05) is 55.6 Å². The zero-order chi connectivity index (χ0) is 28.8. The molecule has 0 amide bonds. The van der Waals surface area contributed by atoms with Gasteiger partial charge < -0.3 is 17.7 Å². The summed E-state index contributed by atoms with van der Waals surface area (Å²) in [5, 5.41) is 2.64. The highest BCUT2D eigenvalue weighted by atomic mass is 32.1. The summed E-state index contributed by atoms with van der Waals surface area (Å²) in [5.74, 6) is 1.63. The second-order valence-electron chi connectivity index (χ2n) is 11.0. The quantitative estimate of drug-likeness (QED) is 0.200. The molecule has 0 aliphatic rings. The largest absolute Gasteiger partial charge is 0.461 e. The van der Waals surface area contributed by atoms with Crippen LogP contribution in [0.1, 0.15) is 0 Å². The lowest BCUT2D eigenvalue weighted by atomic mass is 10.0. The summed E-state index contributed by atoms with van der Waals surface area (Å²) in [5.41, 5.74) is 9.95. The van der Waals surface area contributed by atoms with Gasteiger partial charge in [-0.1, -0.05) is 72.8 Å². The fourth-order valence-electron chi connectivity index (χ4n) is 6.09. The average Bonchev–Trinajstić information content (AvgIpc) is 3.89. The summed E-state index contributed by atoms with van der Waals surface area (Å²) < 4.78 is 28.1. The molecule has 6 heterocycles. The van der Waals surface area contributed by atoms with Crippen LogP contribution in [0.2, 0.25) is 0 Å². The Hall–Kier alpha value is -5.30. The minimum absolute atomic E-state index is 0.771. The van der Waals surface area contributed by atoms with Crippen LogP contribution in [0, 0.1) is 0 Å². The number of thiophene rings is 2. The van der Waals surface area contributed by atoms with Crippen molar-refractivity contribution >= 4 is 74.6 Å². The van der Waals surface area contributed by atoms with Crippen LogP contribution in [0.15, 0.2) is 139 Å². The zero-order valence-corrected chi connectivity index (χ0v) is 24.6. The van der Waals surface area contributed by atoms with Crippen molar-refractivity contribution in [2.24, 2.45) is 0 Å². The van der Waals surface area contributed by atoms with Crippen LogP contribution < -0.4 is 0 Å². The summed E-state index contributed by atoms with van der Waals surface area (Å²) in [6.45, 7) is 0. The van der Waals surface area contributed by atoms with Crippen molar-refractivity contribution in [2.45, 2.75) is 0 Å². The molecule has 4 aromatic carbocycles. The highest BCUT2D eigenvalue weighted by molar-refractivity contribution is 7.36. The minimum Gasteiger partial charge on any atom is -0.461 e. The van der Waals surface area contributed by atoms with Gasteiger partial charge in [-0.25, -0.2) is 0 Å². The standard InChI is InChI=1S/C38H20O4S2/c1-5-23(31-19-33-29(41-31)13-15-39-33)6-2-21(1)25-9-11-27-35(17-25)43-38-28-12-10-26(18-36(28)44-37(27)38)22-3-7-24(8-4-22)32-20-34-30(42-32)14-16-40-34/h1-20H. The van der Waals surface area contributed by atoms with E-state index in [1.165, 1.54) is 51.8 Å². The maximum atomic E-state index is 5.92. The maximum absolute atomic E-state index is 5.92. The first-order valence-corrected chi connectivity index (χ1v) is 15.9. The van der Waals surface area contributed by atoms with Gasteiger partial charge >= 0.3 is 0 Å². The van der Waals surface area contributed by atoms with E-state index in [0.29, 0.717) is 0 Å². The van der Waals surface area contributed by atoms with E-state index in [4.69, 9.17) is 17.7 Å². The Kier molecular flexibility index (Phi) is 5.00. The average molecular weight is 605 g/mol. The van der Waals surface area contributed by atoms with Crippen molar-refractivity contribution in [1.29, 1.82) is 0 Å². The Bertz CT molecular complexity index is 2410. The van der Waals surface area contributed by atoms with Gasteiger partial charge in [0.25, 0.3) is 0 Å². The molecule has 0 N–H and O–H groups in total. The fourth-order valence-corrected chi connectivity index (χ4v) is 8.82. The highest BCUT2D eigenvalue weighted by Gasteiger charge is 2.15. The molecule has 44 heavy (non-hydrogen) atoms. The lowest BCUT2D eigenvalue weighted by Gasteiger charge is -2.04. The number of hydrogen-bond donors (Lipinski definition) is 0. The molecule has 0 bridgehead atoms. The number of furan rings is 4. The fraction of sp³-hybridized carbons (Fsp3) is 0. The smallest absolute Gasteiger partial charge is 0.173 e. The van der Waals surface area contributed by atoms with E-state index < -0.39 is 0 Å². The Balaban J connectivity index is 0.958. The molecule has 0 saturated heterocycles. The molecule has 0 saturated carbocycles. The van der Waals surface area contributed by atoms with Crippen LogP contribution in [0.25, 0.3) is 96.8 Å². The Labute approximate surface area is 258 Å². The number of hydrogen-bond acceptors (Lipinski definition) is 6. The molecule has 0 radical (unpaired) electrons. The van der Waals surface area contributed by atoms with Crippen LogP contribution in [0.5, 0.6) is 0 Å². The molecule has 6 aromatic heterocycles. The van der Waals surface area contributed by atoms with Gasteiger partial charge in [-0.05, 0) is 34.4 Å². The molecule has 0 fully saturated rings. The third-order valence-corrected chi connectivity index (χ3v) is 10.9. The molecule has 10 aromatic rings. The maximum Gasteiger partial charge on any atom is 0.173 e. The molecule has 0 aliphatic carbocycles. The molecule has 4 nitrogen and oxygen atoms in total. The summed E-state index contributed by atoms with van der Waals surface area (Å²) in [7, 11) is 0. The molecule has 0 atom stereocenters. The van der Waals surface area contributed by atoms with Gasteiger partial charge in [-0.3, -0.25) is 0 Å². The van der Waals surface area contributed by atoms with Gasteiger partial charge in [-0.2, -0.15) is 0 Å². The van der Waals surface area contributed by atoms with Crippen molar-refractivity contribution < 1.29 is 17.7 Å². The molecule has 208 valence electrons. The molecule has 0 spiro atoms. The van der Waals surface area contributed by atoms with E-state index in [1.807, 2.05) is 46.9 Å². The van der Waals surface area contributed by atoms with Crippen molar-refractivity contribution in [3.63, 3.8) is 0 Å². The lowest BCUT2D eigenvalue weighted by Crippen LogP contribution is -1.79. The zero-order valence-electron chi connectivity index (χ0n) is 23.0. The first-order chi connectivity index (χ1) is 21.7. The lowest BCUT2D eigenvalue weighted by molar-refractivity contribution is 0.612. The molecular weight excluding hydrogens is 585 g/mol. The Morgan fingerprint density at radius 2 is 0.773 bits per heavy atom. The molecule has 0 unspecified atom stereocenters. The summed E-state index contributed by atoms with van der Waals surface area (Å²) in [4.78, 5) is 0. The van der Waals surface area contributed by atoms with Crippen molar-refractivity contribution in [1.82, 2.24) is 0 Å². The third-order valence-electron chi connectivity index (χ3n) is 8.37. The Morgan fingerprint density at radius 1 is 0.364 bits per heavy atom. The topological polar surface area (TPSA) is 52.6 Å². The summed E-state index contributed by atoms with van der Waals surface area (Å²) in [6.07, 6.45) is 3.29. The second-order valence-corrected chi connectivity index (χ2v) is 13.1. The van der Waals surface area contributed by atoms with Gasteiger partial charge in [0.05, 0.1) is 21.9 Å².